The second-order valence-corrected chi connectivity index (χ2v) is 8.25. The number of amides is 2. The molecule has 0 aliphatic rings. The lowest BCUT2D eigenvalue weighted by molar-refractivity contribution is -0.120. The Hall–Kier alpha value is -1.68. The van der Waals surface area contributed by atoms with E-state index >= 15 is 0 Å². The van der Waals surface area contributed by atoms with E-state index in [-0.39, 0.29) is 10.7 Å². The highest BCUT2D eigenvalue weighted by Gasteiger charge is 2.16. The van der Waals surface area contributed by atoms with Gasteiger partial charge >= 0.3 is 6.09 Å². The molecule has 30 heavy (non-hydrogen) atoms. The van der Waals surface area contributed by atoms with E-state index < -0.39 is 11.7 Å². The van der Waals surface area contributed by atoms with Gasteiger partial charge in [-0.3, -0.25) is 4.79 Å². The third-order valence-electron chi connectivity index (χ3n) is 3.53. The Bertz CT molecular complexity index is 609. The molecular weight excluding hydrogens is 456 g/mol. The number of nitrogens with one attached hydrogen (secondary N) is 2. The van der Waals surface area contributed by atoms with Gasteiger partial charge in [-0.2, -0.15) is 0 Å². The van der Waals surface area contributed by atoms with Crippen LogP contribution in [-0.4, -0.2) is 70.3 Å². The maximum absolute atomic E-state index is 12.0. The van der Waals surface area contributed by atoms with Crippen LogP contribution in [-0.2, 0) is 23.7 Å². The molecule has 1 unspecified atom stereocenters. The van der Waals surface area contributed by atoms with Crippen LogP contribution in [0, 0.1) is 0 Å². The van der Waals surface area contributed by atoms with Gasteiger partial charge in [0.2, 0.25) is 5.91 Å². The highest BCUT2D eigenvalue weighted by atomic mass is 79.9. The Morgan fingerprint density at radius 1 is 0.867 bits per heavy atom. The molecule has 1 atom stereocenters. The summed E-state index contributed by atoms with van der Waals surface area (Å²) in [5.74, 6) is -0.0978. The fraction of sp³-hybridized carbons (Fsp3) is 0.619. The van der Waals surface area contributed by atoms with Gasteiger partial charge in [0.05, 0.1) is 39.6 Å². The minimum absolute atomic E-state index is 0.0978. The molecule has 0 spiro atoms. The summed E-state index contributed by atoms with van der Waals surface area (Å²) in [7, 11) is 0. The highest BCUT2D eigenvalue weighted by Crippen LogP contribution is 2.21. The van der Waals surface area contributed by atoms with Gasteiger partial charge in [-0.05, 0) is 26.3 Å². The number of alkyl halides is 1. The first kappa shape index (κ1) is 26.4. The van der Waals surface area contributed by atoms with Crippen molar-refractivity contribution < 1.29 is 28.5 Å². The van der Waals surface area contributed by atoms with Gasteiger partial charge in [0.15, 0.2) is 0 Å². The average molecular weight is 489 g/mol. The van der Waals surface area contributed by atoms with Crippen LogP contribution in [0.4, 0.5) is 4.79 Å². The van der Waals surface area contributed by atoms with E-state index in [0.29, 0.717) is 52.7 Å². The summed E-state index contributed by atoms with van der Waals surface area (Å²) in [5, 5.41) is 5.44. The first-order valence-electron chi connectivity index (χ1n) is 9.96. The average Bonchev–Trinajstić information content (AvgIpc) is 2.70. The van der Waals surface area contributed by atoms with E-state index in [0.717, 1.165) is 5.56 Å². The van der Waals surface area contributed by atoms with Gasteiger partial charge in [0, 0.05) is 13.1 Å². The Labute approximate surface area is 187 Å². The van der Waals surface area contributed by atoms with E-state index in [4.69, 9.17) is 18.9 Å². The lowest BCUT2D eigenvalue weighted by Crippen LogP contribution is -2.34. The van der Waals surface area contributed by atoms with Crippen LogP contribution in [0.2, 0.25) is 0 Å². The molecule has 0 aliphatic carbocycles. The number of carbonyl (C=O) groups is 2. The van der Waals surface area contributed by atoms with Crippen molar-refractivity contribution in [3.63, 3.8) is 0 Å². The fourth-order valence-electron chi connectivity index (χ4n) is 2.19. The molecule has 0 radical (unpaired) electrons. The van der Waals surface area contributed by atoms with E-state index in [1.165, 1.54) is 0 Å². The second-order valence-electron chi connectivity index (χ2n) is 7.33. The highest BCUT2D eigenvalue weighted by molar-refractivity contribution is 9.09. The molecule has 0 bridgehead atoms. The first-order chi connectivity index (χ1) is 14.3. The molecule has 2 amide bonds. The van der Waals surface area contributed by atoms with Crippen molar-refractivity contribution in [2.24, 2.45) is 0 Å². The number of hydrogen-bond acceptors (Lipinski definition) is 6. The zero-order valence-corrected chi connectivity index (χ0v) is 19.5. The molecule has 1 rings (SSSR count). The summed E-state index contributed by atoms with van der Waals surface area (Å²) in [6.07, 6.45) is -0.456. The van der Waals surface area contributed by atoms with Crippen molar-refractivity contribution in [3.8, 4) is 0 Å². The number of carbonyl (C=O) groups excluding carboxylic acids is 2. The normalized spacial score (nSPS) is 12.3. The molecule has 0 fully saturated rings. The molecule has 8 nitrogen and oxygen atoms in total. The van der Waals surface area contributed by atoms with Crippen LogP contribution in [0.15, 0.2) is 30.3 Å². The molecule has 2 N–H and O–H groups in total. The minimum Gasteiger partial charge on any atom is -0.444 e. The van der Waals surface area contributed by atoms with Crippen LogP contribution in [0.1, 0.15) is 31.2 Å². The van der Waals surface area contributed by atoms with E-state index in [9.17, 15) is 9.59 Å². The van der Waals surface area contributed by atoms with Crippen LogP contribution in [0.25, 0.3) is 0 Å². The number of rotatable bonds is 14. The lowest BCUT2D eigenvalue weighted by Gasteiger charge is -2.19. The quantitative estimate of drug-likeness (QED) is 0.308. The number of benzene rings is 1. The minimum atomic E-state index is -0.509. The Morgan fingerprint density at radius 2 is 1.37 bits per heavy atom. The molecule has 1 aromatic carbocycles. The second kappa shape index (κ2) is 15.2. The Morgan fingerprint density at radius 3 is 1.90 bits per heavy atom. The Balaban J connectivity index is 1.88. The first-order valence-corrected chi connectivity index (χ1v) is 10.9. The summed E-state index contributed by atoms with van der Waals surface area (Å²) in [6.45, 7) is 8.79. The molecule has 0 heterocycles. The number of ether oxygens (including phenoxy) is 4. The molecular formula is C21H33BrN2O6. The standard InChI is InChI=1S/C21H33BrN2O6/c1-21(2,3)30-20(26)24-10-12-28-14-16-29-15-13-27-11-9-23-19(25)18(22)17-7-5-4-6-8-17/h4-8,18H,9-16H2,1-3H3,(H,23,25)(H,24,26). The van der Waals surface area contributed by atoms with Gasteiger partial charge in [-0.25, -0.2) is 4.79 Å². The van der Waals surface area contributed by atoms with Crippen LogP contribution in [0.5, 0.6) is 0 Å². The van der Waals surface area contributed by atoms with Crippen molar-refractivity contribution in [1.82, 2.24) is 10.6 Å². The van der Waals surface area contributed by atoms with Gasteiger partial charge < -0.3 is 29.6 Å². The summed E-state index contributed by atoms with van der Waals surface area (Å²) in [5.41, 5.74) is 0.400. The van der Waals surface area contributed by atoms with Gasteiger partial charge in [0.25, 0.3) is 0 Å². The van der Waals surface area contributed by atoms with Crippen molar-refractivity contribution in [2.45, 2.75) is 31.2 Å². The van der Waals surface area contributed by atoms with E-state index in [1.807, 2.05) is 51.1 Å². The maximum Gasteiger partial charge on any atom is 0.407 e. The van der Waals surface area contributed by atoms with Crippen molar-refractivity contribution in [2.75, 3.05) is 52.7 Å². The zero-order valence-electron chi connectivity index (χ0n) is 17.9. The van der Waals surface area contributed by atoms with Crippen LogP contribution < -0.4 is 10.6 Å². The topological polar surface area (TPSA) is 95.1 Å². The SMILES string of the molecule is CC(C)(C)OC(=O)NCCOCCOCCOCCNC(=O)C(Br)c1ccccc1. The number of hydrogen-bond donors (Lipinski definition) is 2. The van der Waals surface area contributed by atoms with Gasteiger partial charge in [-0.15, -0.1) is 0 Å². The summed E-state index contributed by atoms with van der Waals surface area (Å²) < 4.78 is 21.3. The van der Waals surface area contributed by atoms with Crippen molar-refractivity contribution >= 4 is 27.9 Å². The molecule has 0 aliphatic heterocycles. The van der Waals surface area contributed by atoms with E-state index in [2.05, 4.69) is 26.6 Å². The fourth-order valence-corrected chi connectivity index (χ4v) is 2.66. The summed E-state index contributed by atoms with van der Waals surface area (Å²) in [6, 6.07) is 9.49. The third-order valence-corrected chi connectivity index (χ3v) is 4.47. The molecule has 0 saturated heterocycles. The van der Waals surface area contributed by atoms with E-state index in [1.54, 1.807) is 0 Å². The summed E-state index contributed by atoms with van der Waals surface area (Å²) >= 11 is 3.39. The smallest absolute Gasteiger partial charge is 0.407 e. The molecule has 9 heteroatoms. The number of halogens is 1. The predicted molar refractivity (Wildman–Crippen MR) is 118 cm³/mol. The van der Waals surface area contributed by atoms with Gasteiger partial charge in [-0.1, -0.05) is 46.3 Å². The van der Waals surface area contributed by atoms with Crippen LogP contribution >= 0.6 is 15.9 Å². The Kier molecular flexibility index (Phi) is 13.3. The molecule has 1 aromatic rings. The zero-order chi connectivity index (χ0) is 22.2. The molecule has 0 saturated carbocycles. The predicted octanol–water partition coefficient (Wildman–Crippen LogP) is 2.81. The van der Waals surface area contributed by atoms with Crippen molar-refractivity contribution in [3.05, 3.63) is 35.9 Å². The lowest BCUT2D eigenvalue weighted by atomic mass is 10.1. The number of alkyl carbamates (subject to hydrolysis) is 1. The maximum atomic E-state index is 12.0. The van der Waals surface area contributed by atoms with Crippen molar-refractivity contribution in [1.29, 1.82) is 0 Å². The largest absolute Gasteiger partial charge is 0.444 e. The van der Waals surface area contributed by atoms with Gasteiger partial charge in [0.1, 0.15) is 10.4 Å². The third kappa shape index (κ3) is 13.5. The molecule has 0 aromatic heterocycles. The monoisotopic (exact) mass is 488 g/mol. The molecule has 170 valence electrons. The summed E-state index contributed by atoms with van der Waals surface area (Å²) in [4.78, 5) is 23.1. The van der Waals surface area contributed by atoms with Crippen LogP contribution in [0.3, 0.4) is 0 Å².